The van der Waals surface area contributed by atoms with Crippen molar-refractivity contribution in [3.8, 4) is 0 Å². The SMILES string of the molecule is CC/C=C\C/C=C\C/C=C\CCCCCCCCC(=O)OCC(COC(=O)CCCCCCC/C=C\CCCC)OC(=O)CCCCCCCCC/C=C\C/C=C\CC. The van der Waals surface area contributed by atoms with Gasteiger partial charge in [-0.3, -0.25) is 14.4 Å². The van der Waals surface area contributed by atoms with Crippen molar-refractivity contribution in [1.82, 2.24) is 0 Å². The van der Waals surface area contributed by atoms with Crippen LogP contribution >= 0.6 is 0 Å². The van der Waals surface area contributed by atoms with E-state index in [0.717, 1.165) is 109 Å². The Morgan fingerprint density at radius 3 is 1.05 bits per heavy atom. The molecule has 0 aliphatic carbocycles. The van der Waals surface area contributed by atoms with E-state index in [1.807, 2.05) is 0 Å². The van der Waals surface area contributed by atoms with Gasteiger partial charge in [0, 0.05) is 19.3 Å². The molecule has 338 valence electrons. The second-order valence-corrected chi connectivity index (χ2v) is 16.0. The lowest BCUT2D eigenvalue weighted by atomic mass is 10.1. The lowest BCUT2D eigenvalue weighted by molar-refractivity contribution is -0.167. The third-order valence-electron chi connectivity index (χ3n) is 10.2. The predicted molar refractivity (Wildman–Crippen MR) is 251 cm³/mol. The molecule has 0 aliphatic rings. The summed E-state index contributed by atoms with van der Waals surface area (Å²) < 4.78 is 16.7. The van der Waals surface area contributed by atoms with Gasteiger partial charge in [0.2, 0.25) is 0 Å². The van der Waals surface area contributed by atoms with Gasteiger partial charge in [-0.15, -0.1) is 0 Å². The predicted octanol–water partition coefficient (Wildman–Crippen LogP) is 15.9. The molecule has 0 heterocycles. The van der Waals surface area contributed by atoms with E-state index in [4.69, 9.17) is 14.2 Å². The number of ether oxygens (including phenoxy) is 3. The molecule has 0 aromatic heterocycles. The van der Waals surface area contributed by atoms with Crippen LogP contribution in [-0.4, -0.2) is 37.2 Å². The van der Waals surface area contributed by atoms with Crippen LogP contribution in [0.4, 0.5) is 0 Å². The van der Waals surface area contributed by atoms with E-state index in [1.165, 1.54) is 77.0 Å². The monoisotopic (exact) mass is 823 g/mol. The topological polar surface area (TPSA) is 78.9 Å². The molecule has 0 rings (SSSR count). The van der Waals surface area contributed by atoms with Crippen LogP contribution in [0.3, 0.4) is 0 Å². The molecule has 0 N–H and O–H groups in total. The van der Waals surface area contributed by atoms with Gasteiger partial charge in [0.05, 0.1) is 0 Å². The maximum absolute atomic E-state index is 12.8. The van der Waals surface area contributed by atoms with Crippen LogP contribution in [-0.2, 0) is 28.6 Å². The van der Waals surface area contributed by atoms with Gasteiger partial charge < -0.3 is 14.2 Å². The summed E-state index contributed by atoms with van der Waals surface area (Å²) in [4.78, 5) is 37.9. The number of hydrogen-bond acceptors (Lipinski definition) is 6. The van der Waals surface area contributed by atoms with Crippen LogP contribution < -0.4 is 0 Å². The minimum Gasteiger partial charge on any atom is -0.462 e. The molecule has 0 radical (unpaired) electrons. The van der Waals surface area contributed by atoms with Crippen molar-refractivity contribution in [1.29, 1.82) is 0 Å². The van der Waals surface area contributed by atoms with Crippen LogP contribution in [0.1, 0.15) is 226 Å². The second-order valence-electron chi connectivity index (χ2n) is 16.0. The van der Waals surface area contributed by atoms with Gasteiger partial charge in [0.1, 0.15) is 13.2 Å². The smallest absolute Gasteiger partial charge is 0.306 e. The van der Waals surface area contributed by atoms with E-state index in [-0.39, 0.29) is 31.1 Å². The van der Waals surface area contributed by atoms with E-state index in [0.29, 0.717) is 19.3 Å². The van der Waals surface area contributed by atoms with E-state index in [1.54, 1.807) is 0 Å². The maximum atomic E-state index is 12.8. The van der Waals surface area contributed by atoms with Crippen molar-refractivity contribution in [3.05, 3.63) is 72.9 Å². The third kappa shape index (κ3) is 45.8. The molecule has 0 amide bonds. The first-order valence-electron chi connectivity index (χ1n) is 24.4. The van der Waals surface area contributed by atoms with Crippen molar-refractivity contribution in [3.63, 3.8) is 0 Å². The molecule has 59 heavy (non-hydrogen) atoms. The summed E-state index contributed by atoms with van der Waals surface area (Å²) >= 11 is 0. The van der Waals surface area contributed by atoms with Gasteiger partial charge >= 0.3 is 17.9 Å². The molecule has 0 aromatic carbocycles. The first-order valence-corrected chi connectivity index (χ1v) is 24.4. The third-order valence-corrected chi connectivity index (χ3v) is 10.2. The number of carbonyl (C=O) groups excluding carboxylic acids is 3. The lowest BCUT2D eigenvalue weighted by Gasteiger charge is -2.18. The summed E-state index contributed by atoms with van der Waals surface area (Å²) in [5.74, 6) is -0.921. The zero-order chi connectivity index (χ0) is 43.0. The van der Waals surface area contributed by atoms with Crippen LogP contribution in [0.5, 0.6) is 0 Å². The lowest BCUT2D eigenvalue weighted by Crippen LogP contribution is -2.30. The fourth-order valence-corrected chi connectivity index (χ4v) is 6.53. The Morgan fingerprint density at radius 2 is 0.661 bits per heavy atom. The first-order chi connectivity index (χ1) is 29.0. The summed E-state index contributed by atoms with van der Waals surface area (Å²) in [6, 6.07) is 0. The molecule has 1 unspecified atom stereocenters. The molecular weight excluding hydrogens is 733 g/mol. The Labute approximate surface area is 363 Å². The van der Waals surface area contributed by atoms with E-state index in [2.05, 4.69) is 93.7 Å². The van der Waals surface area contributed by atoms with Gasteiger partial charge in [-0.2, -0.15) is 0 Å². The van der Waals surface area contributed by atoms with Crippen LogP contribution in [0.15, 0.2) is 72.9 Å². The number of unbranched alkanes of at least 4 members (excludes halogenated alkanes) is 20. The van der Waals surface area contributed by atoms with Crippen molar-refractivity contribution < 1.29 is 28.6 Å². The molecular formula is C53H90O6. The average molecular weight is 823 g/mol. The summed E-state index contributed by atoms with van der Waals surface area (Å²) in [6.45, 7) is 6.35. The van der Waals surface area contributed by atoms with E-state index >= 15 is 0 Å². The largest absolute Gasteiger partial charge is 0.462 e. The van der Waals surface area contributed by atoms with Gasteiger partial charge in [0.25, 0.3) is 0 Å². The van der Waals surface area contributed by atoms with Crippen LogP contribution in [0.2, 0.25) is 0 Å². The summed E-state index contributed by atoms with van der Waals surface area (Å²) in [5, 5.41) is 0. The quantitative estimate of drug-likeness (QED) is 0.0264. The minimum absolute atomic E-state index is 0.0879. The standard InChI is InChI=1S/C53H90O6/c1-4-7-10-13-16-19-22-24-26-27-29-31-34-37-40-43-46-52(55)58-49-50(48-57-51(54)45-42-39-36-33-30-21-18-15-12-9-6-3)59-53(56)47-44-41-38-35-32-28-25-23-20-17-14-11-8-5-2/h7-8,10-11,15-20,24,26,50H,4-6,9,12-14,21-23,25,27-49H2,1-3H3/b10-7-,11-8-,18-15-,19-16-,20-17-,26-24-. The highest BCUT2D eigenvalue weighted by atomic mass is 16.6. The van der Waals surface area contributed by atoms with Crippen molar-refractivity contribution >= 4 is 17.9 Å². The molecule has 0 aromatic rings. The molecule has 0 saturated heterocycles. The van der Waals surface area contributed by atoms with E-state index in [9.17, 15) is 14.4 Å². The number of rotatable bonds is 43. The molecule has 0 saturated carbocycles. The van der Waals surface area contributed by atoms with Gasteiger partial charge in [-0.25, -0.2) is 0 Å². The van der Waals surface area contributed by atoms with Crippen LogP contribution in [0.25, 0.3) is 0 Å². The number of carbonyl (C=O) groups is 3. The first kappa shape index (κ1) is 55.9. The van der Waals surface area contributed by atoms with Gasteiger partial charge in [0.15, 0.2) is 6.10 Å². The Kier molecular flexibility index (Phi) is 45.0. The zero-order valence-electron chi connectivity index (χ0n) is 38.5. The highest BCUT2D eigenvalue weighted by Gasteiger charge is 2.19. The molecule has 6 heteroatoms. The van der Waals surface area contributed by atoms with Crippen molar-refractivity contribution in [2.75, 3.05) is 13.2 Å². The molecule has 0 fully saturated rings. The number of hydrogen-bond donors (Lipinski definition) is 0. The molecule has 1 atom stereocenters. The Bertz CT molecular complexity index is 1130. The van der Waals surface area contributed by atoms with Gasteiger partial charge in [-0.1, -0.05) is 184 Å². The molecule has 0 bridgehead atoms. The molecule has 0 aliphatic heterocycles. The Hall–Kier alpha value is -3.15. The number of esters is 3. The fraction of sp³-hybridized carbons (Fsp3) is 0.717. The Morgan fingerprint density at radius 1 is 0.356 bits per heavy atom. The maximum Gasteiger partial charge on any atom is 0.306 e. The molecule has 6 nitrogen and oxygen atoms in total. The second kappa shape index (κ2) is 47.5. The average Bonchev–Trinajstić information content (AvgIpc) is 3.23. The fourth-order valence-electron chi connectivity index (χ4n) is 6.53. The summed E-state index contributed by atoms with van der Waals surface area (Å²) in [6.07, 6.45) is 58.8. The van der Waals surface area contributed by atoms with Gasteiger partial charge in [-0.05, 0) is 96.3 Å². The zero-order valence-corrected chi connectivity index (χ0v) is 38.5. The summed E-state index contributed by atoms with van der Waals surface area (Å²) in [7, 11) is 0. The van der Waals surface area contributed by atoms with E-state index < -0.39 is 6.10 Å². The number of allylic oxidation sites excluding steroid dienone is 12. The van der Waals surface area contributed by atoms with Crippen molar-refractivity contribution in [2.45, 2.75) is 232 Å². The normalized spacial score (nSPS) is 12.7. The summed E-state index contributed by atoms with van der Waals surface area (Å²) in [5.41, 5.74) is 0. The minimum atomic E-state index is -0.787. The highest BCUT2D eigenvalue weighted by molar-refractivity contribution is 5.71. The van der Waals surface area contributed by atoms with Crippen LogP contribution in [0, 0.1) is 0 Å². The molecule has 0 spiro atoms. The Balaban J connectivity index is 4.41. The highest BCUT2D eigenvalue weighted by Crippen LogP contribution is 2.14. The van der Waals surface area contributed by atoms with Crippen molar-refractivity contribution in [2.24, 2.45) is 0 Å².